The number of aliphatic carboxylic acids is 1. The number of morpholine rings is 1. The predicted octanol–water partition coefficient (Wildman–Crippen LogP) is 3.50. The van der Waals surface area contributed by atoms with Gasteiger partial charge in [-0.05, 0) is 48.6 Å². The van der Waals surface area contributed by atoms with Gasteiger partial charge < -0.3 is 14.7 Å². The zero-order valence-electron chi connectivity index (χ0n) is 19.5. The summed E-state index contributed by atoms with van der Waals surface area (Å²) in [7, 11) is -4.14. The molecular formula is C24H23Cl2N5O5S. The molecule has 13 heteroatoms. The Bertz CT molecular complexity index is 1500. The highest BCUT2D eigenvalue weighted by atomic mass is 35.5. The van der Waals surface area contributed by atoms with Crippen molar-refractivity contribution in [1.82, 2.24) is 14.8 Å². The van der Waals surface area contributed by atoms with E-state index in [2.05, 4.69) is 15.1 Å². The highest BCUT2D eigenvalue weighted by Gasteiger charge is 2.34. The summed E-state index contributed by atoms with van der Waals surface area (Å²) < 4.78 is 35.0. The first-order valence-electron chi connectivity index (χ1n) is 11.5. The Balaban J connectivity index is 1.46. The van der Waals surface area contributed by atoms with Gasteiger partial charge in [-0.15, -0.1) is 10.2 Å². The highest BCUT2D eigenvalue weighted by Crippen LogP contribution is 2.33. The van der Waals surface area contributed by atoms with Crippen LogP contribution in [0, 0.1) is 0 Å². The van der Waals surface area contributed by atoms with E-state index in [0.717, 1.165) is 28.7 Å². The molecule has 1 atom stereocenters. The van der Waals surface area contributed by atoms with Gasteiger partial charge in [-0.1, -0.05) is 23.2 Å². The Labute approximate surface area is 223 Å². The monoisotopic (exact) mass is 563 g/mol. The van der Waals surface area contributed by atoms with Gasteiger partial charge in [-0.3, -0.25) is 13.7 Å². The molecule has 5 rings (SSSR count). The van der Waals surface area contributed by atoms with Crippen LogP contribution in [0.15, 0.2) is 64.8 Å². The van der Waals surface area contributed by atoms with E-state index in [9.17, 15) is 18.3 Å². The minimum atomic E-state index is -4.14. The summed E-state index contributed by atoms with van der Waals surface area (Å²) in [6.45, 7) is 2.06. The Morgan fingerprint density at radius 2 is 1.84 bits per heavy atom. The van der Waals surface area contributed by atoms with Gasteiger partial charge in [0.05, 0.1) is 24.4 Å². The Hall–Kier alpha value is -3.12. The number of allylic oxidation sites excluding steroid dienone is 3. The number of carbonyl (C=O) groups is 1. The number of fused-ring (bicyclic) bond motifs is 1. The Morgan fingerprint density at radius 1 is 1.11 bits per heavy atom. The second kappa shape index (κ2) is 10.3. The number of anilines is 2. The minimum absolute atomic E-state index is 0.00790. The third-order valence-electron chi connectivity index (χ3n) is 6.18. The number of hydrogen-bond donors (Lipinski definition) is 1. The molecule has 0 spiro atoms. The van der Waals surface area contributed by atoms with Crippen molar-refractivity contribution in [2.45, 2.75) is 11.7 Å². The molecule has 37 heavy (non-hydrogen) atoms. The van der Waals surface area contributed by atoms with E-state index in [1.54, 1.807) is 30.5 Å². The number of hydrogen-bond acceptors (Lipinski definition) is 7. The summed E-state index contributed by atoms with van der Waals surface area (Å²) in [5.74, 6) is 0.0784. The van der Waals surface area contributed by atoms with E-state index in [4.69, 9.17) is 27.9 Å². The molecule has 0 radical (unpaired) electrons. The Kier molecular flexibility index (Phi) is 7.13. The molecule has 3 aromatic rings. The lowest BCUT2D eigenvalue weighted by Gasteiger charge is -2.28. The van der Waals surface area contributed by atoms with Crippen LogP contribution in [-0.2, 0) is 19.6 Å². The van der Waals surface area contributed by atoms with E-state index < -0.39 is 27.8 Å². The zero-order valence-corrected chi connectivity index (χ0v) is 21.8. The van der Waals surface area contributed by atoms with Crippen molar-refractivity contribution in [3.63, 3.8) is 0 Å². The average Bonchev–Trinajstić information content (AvgIpc) is 3.30. The first-order valence-corrected chi connectivity index (χ1v) is 13.7. The molecule has 2 aliphatic rings. The van der Waals surface area contributed by atoms with Gasteiger partial charge in [-0.25, -0.2) is 8.42 Å². The third-order valence-corrected chi connectivity index (χ3v) is 8.71. The lowest BCUT2D eigenvalue weighted by atomic mass is 10.2. The van der Waals surface area contributed by atoms with Crippen LogP contribution in [-0.4, -0.2) is 72.4 Å². The first kappa shape index (κ1) is 25.5. The summed E-state index contributed by atoms with van der Waals surface area (Å²) in [6.07, 6.45) is 4.65. The maximum absolute atomic E-state index is 13.5. The van der Waals surface area contributed by atoms with E-state index >= 15 is 0 Å². The molecule has 2 aromatic heterocycles. The van der Waals surface area contributed by atoms with Crippen LogP contribution >= 0.6 is 23.2 Å². The molecule has 3 heterocycles. The third kappa shape index (κ3) is 5.30. The number of benzene rings is 1. The van der Waals surface area contributed by atoms with Crippen molar-refractivity contribution in [3.05, 3.63) is 64.8 Å². The minimum Gasteiger partial charge on any atom is -0.480 e. The van der Waals surface area contributed by atoms with E-state index in [1.165, 1.54) is 12.2 Å². The summed E-state index contributed by atoms with van der Waals surface area (Å²) in [4.78, 5) is 13.7. The maximum atomic E-state index is 13.5. The SMILES string of the molecule is O=C(O)CN(c1ccc2c(ccn2-c2ccc(N3CCOCC3)nn2)c1)S(=O)(=O)C1C=C(Cl)C=C(Cl)C1. The van der Waals surface area contributed by atoms with Crippen molar-refractivity contribution in [3.8, 4) is 5.82 Å². The van der Waals surface area contributed by atoms with Gasteiger partial charge in [0, 0.05) is 41.2 Å². The molecule has 1 saturated heterocycles. The number of nitrogens with zero attached hydrogens (tertiary/aromatic N) is 5. The number of sulfonamides is 1. The fraction of sp³-hybridized carbons (Fsp3) is 0.292. The van der Waals surface area contributed by atoms with Crippen molar-refractivity contribution in [2.75, 3.05) is 42.1 Å². The molecule has 0 bridgehead atoms. The number of carboxylic acids is 1. The molecule has 0 saturated carbocycles. The smallest absolute Gasteiger partial charge is 0.324 e. The fourth-order valence-electron chi connectivity index (χ4n) is 4.38. The number of carboxylic acid groups (broad SMARTS) is 1. The molecule has 1 fully saturated rings. The van der Waals surface area contributed by atoms with Gasteiger partial charge in [0.1, 0.15) is 11.8 Å². The maximum Gasteiger partial charge on any atom is 0.324 e. The van der Waals surface area contributed by atoms with E-state index in [1.807, 2.05) is 16.7 Å². The van der Waals surface area contributed by atoms with E-state index in [-0.39, 0.29) is 22.2 Å². The largest absolute Gasteiger partial charge is 0.480 e. The van der Waals surface area contributed by atoms with Gasteiger partial charge in [0.2, 0.25) is 10.0 Å². The highest BCUT2D eigenvalue weighted by molar-refractivity contribution is 7.93. The molecule has 1 aliphatic heterocycles. The zero-order chi connectivity index (χ0) is 26.2. The molecule has 1 N–H and O–H groups in total. The number of halogens is 2. The van der Waals surface area contributed by atoms with Crippen LogP contribution in [0.2, 0.25) is 0 Å². The van der Waals surface area contributed by atoms with Crippen LogP contribution in [0.5, 0.6) is 0 Å². The van der Waals surface area contributed by atoms with Crippen LogP contribution < -0.4 is 9.21 Å². The summed E-state index contributed by atoms with van der Waals surface area (Å²) in [5.41, 5.74) is 0.980. The number of ether oxygens (including phenoxy) is 1. The average molecular weight is 564 g/mol. The summed E-state index contributed by atoms with van der Waals surface area (Å²) in [5, 5.41) is 18.3. The predicted molar refractivity (Wildman–Crippen MR) is 142 cm³/mol. The molecule has 1 aliphatic carbocycles. The second-order valence-electron chi connectivity index (χ2n) is 8.61. The van der Waals surface area contributed by atoms with Gasteiger partial charge in [0.25, 0.3) is 0 Å². The van der Waals surface area contributed by atoms with Crippen LogP contribution in [0.3, 0.4) is 0 Å². The fourth-order valence-corrected chi connectivity index (χ4v) is 6.91. The Morgan fingerprint density at radius 3 is 2.51 bits per heavy atom. The lowest BCUT2D eigenvalue weighted by molar-refractivity contribution is -0.135. The second-order valence-corrected chi connectivity index (χ2v) is 11.6. The molecule has 1 unspecified atom stereocenters. The van der Waals surface area contributed by atoms with Crippen LogP contribution in [0.1, 0.15) is 6.42 Å². The molecule has 0 amide bonds. The first-order chi connectivity index (χ1) is 17.7. The molecular weight excluding hydrogens is 541 g/mol. The molecule has 1 aromatic carbocycles. The van der Waals surface area contributed by atoms with Crippen molar-refractivity contribution < 1.29 is 23.1 Å². The van der Waals surface area contributed by atoms with Crippen LogP contribution in [0.4, 0.5) is 11.5 Å². The molecule has 194 valence electrons. The van der Waals surface area contributed by atoms with Gasteiger partial charge in [0.15, 0.2) is 11.6 Å². The van der Waals surface area contributed by atoms with Crippen molar-refractivity contribution in [2.24, 2.45) is 0 Å². The number of aromatic nitrogens is 3. The summed E-state index contributed by atoms with van der Waals surface area (Å²) >= 11 is 12.1. The van der Waals surface area contributed by atoms with E-state index in [0.29, 0.717) is 24.4 Å². The topological polar surface area (TPSA) is 118 Å². The standard InChI is InChI=1S/C24H23Cl2N5O5S/c25-17-12-18(26)14-20(13-17)37(34,35)31(15-24(32)33)19-1-2-21-16(11-19)5-6-30(21)23-4-3-22(27-28-23)29-7-9-36-10-8-29/h1-6,11-13,20H,7-10,14-15H2,(H,32,33). The van der Waals surface area contributed by atoms with Gasteiger partial charge >= 0.3 is 5.97 Å². The summed E-state index contributed by atoms with van der Waals surface area (Å²) in [6, 6.07) is 10.5. The van der Waals surface area contributed by atoms with Gasteiger partial charge in [-0.2, -0.15) is 0 Å². The number of rotatable bonds is 7. The lowest BCUT2D eigenvalue weighted by Crippen LogP contribution is -2.41. The van der Waals surface area contributed by atoms with Crippen molar-refractivity contribution in [1.29, 1.82) is 0 Å². The normalized spacial score (nSPS) is 18.4. The van der Waals surface area contributed by atoms with Crippen LogP contribution in [0.25, 0.3) is 16.7 Å². The van der Waals surface area contributed by atoms with Crippen molar-refractivity contribution >= 4 is 61.6 Å². The quantitative estimate of drug-likeness (QED) is 0.464. The molecule has 10 nitrogen and oxygen atoms in total.